The van der Waals surface area contributed by atoms with Crippen molar-refractivity contribution < 1.29 is 14.9 Å². The Hall–Kier alpha value is -1.90. The van der Waals surface area contributed by atoms with Crippen molar-refractivity contribution in [3.05, 3.63) is 44.9 Å². The van der Waals surface area contributed by atoms with Crippen LogP contribution in [-0.4, -0.2) is 45.2 Å². The average Bonchev–Trinajstić information content (AvgIpc) is 2.46. The first-order valence-electron chi connectivity index (χ1n) is 6.68. The van der Waals surface area contributed by atoms with E-state index in [4.69, 9.17) is 15.6 Å². The van der Waals surface area contributed by atoms with Gasteiger partial charge in [0.2, 0.25) is 0 Å². The second-order valence-electron chi connectivity index (χ2n) is 4.96. The maximum Gasteiger partial charge on any atom is 0.328 e. The molecule has 0 unspecified atom stereocenters. The van der Waals surface area contributed by atoms with Crippen LogP contribution in [0.4, 0.5) is 0 Å². The lowest BCUT2D eigenvalue weighted by atomic mass is 10.0. The Bertz CT molecular complexity index is 621. The molecule has 0 bridgehead atoms. The van der Waals surface area contributed by atoms with E-state index in [9.17, 15) is 14.7 Å². The Morgan fingerprint density at radius 3 is 2.90 bits per heavy atom. The summed E-state index contributed by atoms with van der Waals surface area (Å²) in [5.41, 5.74) is 4.64. The van der Waals surface area contributed by atoms with Gasteiger partial charge >= 0.3 is 5.69 Å². The maximum absolute atomic E-state index is 11.9. The van der Waals surface area contributed by atoms with E-state index in [0.29, 0.717) is 12.0 Å². The Labute approximate surface area is 120 Å². The first kappa shape index (κ1) is 15.5. The SMILES string of the molecule is NC=CCc1cn([C@@H]2CO[C@H](CO)[C@@H](O)C2)c(=O)[nH]c1=O. The first-order chi connectivity index (χ1) is 10.1. The van der Waals surface area contributed by atoms with Crippen LogP contribution in [-0.2, 0) is 11.2 Å². The fraction of sp³-hybridized carbons (Fsp3) is 0.538. The van der Waals surface area contributed by atoms with Crippen molar-refractivity contribution in [3.63, 3.8) is 0 Å². The summed E-state index contributed by atoms with van der Waals surface area (Å²) in [4.78, 5) is 25.8. The number of aromatic amines is 1. The van der Waals surface area contributed by atoms with Gasteiger partial charge < -0.3 is 20.7 Å². The van der Waals surface area contributed by atoms with E-state index >= 15 is 0 Å². The monoisotopic (exact) mass is 297 g/mol. The van der Waals surface area contributed by atoms with E-state index in [1.807, 2.05) is 0 Å². The quantitative estimate of drug-likeness (QED) is 0.520. The number of hydrogen-bond donors (Lipinski definition) is 4. The van der Waals surface area contributed by atoms with Crippen molar-refractivity contribution in [2.75, 3.05) is 13.2 Å². The van der Waals surface area contributed by atoms with Crippen LogP contribution in [0.15, 0.2) is 28.1 Å². The fourth-order valence-electron chi connectivity index (χ4n) is 2.35. The molecule has 0 aliphatic carbocycles. The Morgan fingerprint density at radius 2 is 2.29 bits per heavy atom. The average molecular weight is 297 g/mol. The topological polar surface area (TPSA) is 131 Å². The molecule has 8 heteroatoms. The van der Waals surface area contributed by atoms with Gasteiger partial charge in [-0.25, -0.2) is 4.79 Å². The second-order valence-corrected chi connectivity index (χ2v) is 4.96. The number of nitrogens with one attached hydrogen (secondary N) is 1. The molecule has 1 aliphatic rings. The van der Waals surface area contributed by atoms with Crippen molar-refractivity contribution in [2.24, 2.45) is 5.73 Å². The van der Waals surface area contributed by atoms with Crippen LogP contribution in [0.2, 0.25) is 0 Å². The number of allylic oxidation sites excluding steroid dienone is 1. The third-order valence-corrected chi connectivity index (χ3v) is 3.53. The molecule has 0 aromatic carbocycles. The van der Waals surface area contributed by atoms with Crippen LogP contribution in [0, 0.1) is 0 Å². The smallest absolute Gasteiger partial charge is 0.328 e. The van der Waals surface area contributed by atoms with E-state index in [2.05, 4.69) is 4.98 Å². The van der Waals surface area contributed by atoms with Gasteiger partial charge in [0, 0.05) is 11.8 Å². The molecule has 0 radical (unpaired) electrons. The summed E-state index contributed by atoms with van der Waals surface area (Å²) in [6, 6.07) is -0.396. The fourth-order valence-corrected chi connectivity index (χ4v) is 2.35. The zero-order valence-electron chi connectivity index (χ0n) is 11.4. The van der Waals surface area contributed by atoms with Gasteiger partial charge in [-0.1, -0.05) is 6.08 Å². The van der Waals surface area contributed by atoms with Crippen LogP contribution in [0.5, 0.6) is 0 Å². The Morgan fingerprint density at radius 1 is 1.52 bits per heavy atom. The van der Waals surface area contributed by atoms with Crippen LogP contribution >= 0.6 is 0 Å². The lowest BCUT2D eigenvalue weighted by Crippen LogP contribution is -2.45. The van der Waals surface area contributed by atoms with Gasteiger partial charge in [0.05, 0.1) is 25.4 Å². The number of nitrogens with zero attached hydrogens (tertiary/aromatic N) is 1. The van der Waals surface area contributed by atoms with Gasteiger partial charge in [0.25, 0.3) is 5.56 Å². The molecule has 1 aromatic rings. The largest absolute Gasteiger partial charge is 0.405 e. The summed E-state index contributed by atoms with van der Waals surface area (Å²) < 4.78 is 6.67. The minimum atomic E-state index is -0.861. The highest BCUT2D eigenvalue weighted by Gasteiger charge is 2.31. The minimum Gasteiger partial charge on any atom is -0.405 e. The molecular weight excluding hydrogens is 278 g/mol. The van der Waals surface area contributed by atoms with Crippen LogP contribution in [0.1, 0.15) is 18.0 Å². The molecule has 21 heavy (non-hydrogen) atoms. The highest BCUT2D eigenvalue weighted by Crippen LogP contribution is 2.22. The maximum atomic E-state index is 11.9. The predicted octanol–water partition coefficient (Wildman–Crippen LogP) is -1.77. The minimum absolute atomic E-state index is 0.181. The molecule has 0 spiro atoms. The van der Waals surface area contributed by atoms with Gasteiger partial charge in [-0.2, -0.15) is 0 Å². The molecule has 1 saturated heterocycles. The Balaban J connectivity index is 2.27. The van der Waals surface area contributed by atoms with Crippen LogP contribution in [0.25, 0.3) is 0 Å². The third kappa shape index (κ3) is 3.41. The van der Waals surface area contributed by atoms with Crippen molar-refractivity contribution in [1.82, 2.24) is 9.55 Å². The van der Waals surface area contributed by atoms with E-state index < -0.39 is 29.5 Å². The molecule has 116 valence electrons. The van der Waals surface area contributed by atoms with E-state index in [1.54, 1.807) is 6.08 Å². The van der Waals surface area contributed by atoms with Crippen molar-refractivity contribution in [3.8, 4) is 0 Å². The van der Waals surface area contributed by atoms with E-state index in [-0.39, 0.29) is 19.6 Å². The molecule has 0 amide bonds. The number of rotatable bonds is 4. The number of aliphatic hydroxyl groups excluding tert-OH is 2. The van der Waals surface area contributed by atoms with Crippen molar-refractivity contribution >= 4 is 0 Å². The number of aromatic nitrogens is 2. The molecule has 1 aliphatic heterocycles. The highest BCUT2D eigenvalue weighted by atomic mass is 16.5. The molecular formula is C13H19N3O5. The standard InChI is InChI=1S/C13H19N3O5/c14-3-1-2-8-5-16(13(20)15-12(8)19)9-4-10(18)11(6-17)21-7-9/h1,3,5,9-11,17-18H,2,4,6-7,14H2,(H,15,19,20)/t9-,10-,11+/m0/s1. The zero-order chi connectivity index (χ0) is 15.4. The van der Waals surface area contributed by atoms with Gasteiger partial charge in [0.15, 0.2) is 0 Å². The number of ether oxygens (including phenoxy) is 1. The molecule has 5 N–H and O–H groups in total. The summed E-state index contributed by atoms with van der Waals surface area (Å²) in [6.07, 6.45) is 3.47. The summed E-state index contributed by atoms with van der Waals surface area (Å²) >= 11 is 0. The van der Waals surface area contributed by atoms with Crippen LogP contribution in [0.3, 0.4) is 0 Å². The molecule has 1 fully saturated rings. The lowest BCUT2D eigenvalue weighted by Gasteiger charge is -2.33. The molecule has 2 heterocycles. The summed E-state index contributed by atoms with van der Waals surface area (Å²) in [7, 11) is 0. The van der Waals surface area contributed by atoms with Gasteiger partial charge in [-0.3, -0.25) is 14.3 Å². The number of aliphatic hydroxyl groups is 2. The molecule has 0 saturated carbocycles. The number of H-pyrrole nitrogens is 1. The number of hydrogen-bond acceptors (Lipinski definition) is 6. The molecule has 2 rings (SSSR count). The predicted molar refractivity (Wildman–Crippen MR) is 74.8 cm³/mol. The van der Waals surface area contributed by atoms with E-state index in [1.165, 1.54) is 17.0 Å². The zero-order valence-corrected chi connectivity index (χ0v) is 11.4. The van der Waals surface area contributed by atoms with Gasteiger partial charge in [-0.05, 0) is 19.0 Å². The van der Waals surface area contributed by atoms with Crippen LogP contribution < -0.4 is 17.0 Å². The van der Waals surface area contributed by atoms with Crippen molar-refractivity contribution in [2.45, 2.75) is 31.1 Å². The molecule has 3 atom stereocenters. The summed E-state index contributed by atoms with van der Waals surface area (Å²) in [6.45, 7) is -0.0959. The summed E-state index contributed by atoms with van der Waals surface area (Å²) in [5.74, 6) is 0. The highest BCUT2D eigenvalue weighted by molar-refractivity contribution is 5.10. The lowest BCUT2D eigenvalue weighted by molar-refractivity contribution is -0.113. The normalized spacial score (nSPS) is 26.3. The molecule has 8 nitrogen and oxygen atoms in total. The Kier molecular flexibility index (Phi) is 4.94. The first-order valence-corrected chi connectivity index (χ1v) is 6.68. The van der Waals surface area contributed by atoms with E-state index in [0.717, 1.165) is 0 Å². The number of nitrogens with two attached hydrogens (primary N) is 1. The second kappa shape index (κ2) is 6.70. The molecule has 1 aromatic heterocycles. The van der Waals surface area contributed by atoms with Gasteiger partial charge in [0.1, 0.15) is 6.10 Å². The van der Waals surface area contributed by atoms with Gasteiger partial charge in [-0.15, -0.1) is 0 Å². The van der Waals surface area contributed by atoms with Crippen molar-refractivity contribution in [1.29, 1.82) is 0 Å². The summed E-state index contributed by atoms with van der Waals surface area (Å²) in [5, 5.41) is 18.9. The third-order valence-electron chi connectivity index (χ3n) is 3.53.